The zero-order chi connectivity index (χ0) is 21.6. The molecule has 0 spiro atoms. The van der Waals surface area contributed by atoms with Gasteiger partial charge < -0.3 is 19.7 Å². The van der Waals surface area contributed by atoms with E-state index in [9.17, 15) is 9.59 Å². The van der Waals surface area contributed by atoms with Crippen molar-refractivity contribution < 1.29 is 19.1 Å². The Morgan fingerprint density at radius 1 is 0.933 bits per heavy atom. The molecule has 2 aromatic carbocycles. The van der Waals surface area contributed by atoms with Crippen molar-refractivity contribution >= 4 is 12.2 Å². The van der Waals surface area contributed by atoms with Crippen LogP contribution in [0.2, 0.25) is 0 Å². The fourth-order valence-corrected chi connectivity index (χ4v) is 2.73. The van der Waals surface area contributed by atoms with Crippen molar-refractivity contribution in [2.45, 2.75) is 25.6 Å². The van der Waals surface area contributed by atoms with E-state index in [4.69, 9.17) is 9.47 Å². The maximum absolute atomic E-state index is 12.5. The maximum Gasteiger partial charge on any atom is 0.410 e. The molecule has 158 valence electrons. The number of alkyl carbamates (subject to hydrolysis) is 1. The van der Waals surface area contributed by atoms with Crippen molar-refractivity contribution in [3.8, 4) is 0 Å². The molecule has 6 heteroatoms. The van der Waals surface area contributed by atoms with Gasteiger partial charge in [0.05, 0.1) is 6.04 Å². The Morgan fingerprint density at radius 3 is 2.17 bits per heavy atom. The van der Waals surface area contributed by atoms with E-state index in [1.165, 1.54) is 0 Å². The Balaban J connectivity index is 1.84. The van der Waals surface area contributed by atoms with Gasteiger partial charge in [-0.15, -0.1) is 13.2 Å². The summed E-state index contributed by atoms with van der Waals surface area (Å²) in [5, 5.41) is 2.72. The highest BCUT2D eigenvalue weighted by Crippen LogP contribution is 2.08. The predicted molar refractivity (Wildman–Crippen MR) is 117 cm³/mol. The minimum Gasteiger partial charge on any atom is -0.447 e. The van der Waals surface area contributed by atoms with Gasteiger partial charge in [0.15, 0.2) is 0 Å². The summed E-state index contributed by atoms with van der Waals surface area (Å²) in [7, 11) is 0. The van der Waals surface area contributed by atoms with Crippen LogP contribution in [-0.4, -0.2) is 36.3 Å². The molecule has 1 atom stereocenters. The molecule has 0 saturated heterocycles. The van der Waals surface area contributed by atoms with Crippen LogP contribution in [0.15, 0.2) is 86.0 Å². The summed E-state index contributed by atoms with van der Waals surface area (Å²) in [6.07, 6.45) is 2.68. The fourth-order valence-electron chi connectivity index (χ4n) is 2.73. The number of carbonyl (C=O) groups excluding carboxylic acids is 2. The van der Waals surface area contributed by atoms with E-state index in [1.54, 1.807) is 17.1 Å². The van der Waals surface area contributed by atoms with Crippen LogP contribution >= 0.6 is 0 Å². The van der Waals surface area contributed by atoms with Gasteiger partial charge in [-0.3, -0.25) is 0 Å². The minimum atomic E-state index is -0.575. The predicted octanol–water partition coefficient (Wildman–Crippen LogP) is 4.68. The summed E-state index contributed by atoms with van der Waals surface area (Å²) in [5.41, 5.74) is 1.88. The normalized spacial score (nSPS) is 11.1. The second-order valence-electron chi connectivity index (χ2n) is 6.66. The Labute approximate surface area is 177 Å². The van der Waals surface area contributed by atoms with Crippen LogP contribution in [0, 0.1) is 0 Å². The Hall–Kier alpha value is -3.54. The smallest absolute Gasteiger partial charge is 0.410 e. The fraction of sp³-hybridized carbons (Fsp3) is 0.250. The van der Waals surface area contributed by atoms with Crippen molar-refractivity contribution in [2.75, 3.05) is 13.2 Å². The molecule has 0 saturated carbocycles. The van der Waals surface area contributed by atoms with E-state index in [0.717, 1.165) is 11.1 Å². The Kier molecular flexibility index (Phi) is 9.73. The molecule has 0 aromatic heterocycles. The standard InChI is InChI=1S/C24H28N2O4/c1-3-11-22(25-23(27)29-18-21-14-9-6-10-15-21)19-30-24(28)26(16-4-2)17-20-12-7-5-8-13-20/h3-10,12-15,22H,1-2,11,16-19H2,(H,25,27). The van der Waals surface area contributed by atoms with Gasteiger partial charge in [-0.1, -0.05) is 72.8 Å². The Morgan fingerprint density at radius 2 is 1.57 bits per heavy atom. The largest absolute Gasteiger partial charge is 0.447 e. The highest BCUT2D eigenvalue weighted by Gasteiger charge is 2.18. The highest BCUT2D eigenvalue weighted by molar-refractivity contribution is 5.69. The van der Waals surface area contributed by atoms with Gasteiger partial charge in [-0.25, -0.2) is 9.59 Å². The van der Waals surface area contributed by atoms with Crippen molar-refractivity contribution in [3.63, 3.8) is 0 Å². The maximum atomic E-state index is 12.5. The number of benzene rings is 2. The van der Waals surface area contributed by atoms with Gasteiger partial charge in [0, 0.05) is 13.1 Å². The topological polar surface area (TPSA) is 67.9 Å². The zero-order valence-electron chi connectivity index (χ0n) is 17.0. The van der Waals surface area contributed by atoms with Crippen molar-refractivity contribution in [1.82, 2.24) is 10.2 Å². The third-order valence-corrected chi connectivity index (χ3v) is 4.22. The van der Waals surface area contributed by atoms with Gasteiger partial charge in [-0.05, 0) is 17.5 Å². The van der Waals surface area contributed by atoms with E-state index < -0.39 is 18.2 Å². The lowest BCUT2D eigenvalue weighted by molar-refractivity contribution is 0.0893. The molecule has 0 radical (unpaired) electrons. The average molecular weight is 408 g/mol. The summed E-state index contributed by atoms with van der Waals surface area (Å²) in [4.78, 5) is 26.2. The van der Waals surface area contributed by atoms with Crippen molar-refractivity contribution in [1.29, 1.82) is 0 Å². The average Bonchev–Trinajstić information content (AvgIpc) is 2.77. The van der Waals surface area contributed by atoms with Crippen LogP contribution < -0.4 is 5.32 Å². The first-order valence-corrected chi connectivity index (χ1v) is 9.77. The monoisotopic (exact) mass is 408 g/mol. The van der Waals surface area contributed by atoms with Crippen LogP contribution in [0.1, 0.15) is 17.5 Å². The van der Waals surface area contributed by atoms with Gasteiger partial charge in [0.2, 0.25) is 0 Å². The van der Waals surface area contributed by atoms with Crippen LogP contribution in [-0.2, 0) is 22.6 Å². The number of ether oxygens (including phenoxy) is 2. The first-order valence-electron chi connectivity index (χ1n) is 9.77. The van der Waals surface area contributed by atoms with Crippen molar-refractivity contribution in [3.05, 3.63) is 97.1 Å². The molecule has 2 rings (SSSR count). The number of nitrogens with one attached hydrogen (secondary N) is 1. The second-order valence-corrected chi connectivity index (χ2v) is 6.66. The first-order chi connectivity index (χ1) is 14.6. The lowest BCUT2D eigenvalue weighted by atomic mass is 10.2. The number of nitrogens with zero attached hydrogens (tertiary/aromatic N) is 1. The molecule has 1 unspecified atom stereocenters. The quantitative estimate of drug-likeness (QED) is 0.548. The molecule has 0 bridgehead atoms. The molecule has 0 heterocycles. The van der Waals surface area contributed by atoms with Gasteiger partial charge in [0.1, 0.15) is 13.2 Å². The summed E-state index contributed by atoms with van der Waals surface area (Å²) in [6, 6.07) is 18.6. The lowest BCUT2D eigenvalue weighted by Gasteiger charge is -2.23. The third-order valence-electron chi connectivity index (χ3n) is 4.22. The molecule has 30 heavy (non-hydrogen) atoms. The van der Waals surface area contributed by atoms with Crippen LogP contribution in [0.4, 0.5) is 9.59 Å². The molecule has 0 fully saturated rings. The van der Waals surface area contributed by atoms with Gasteiger partial charge in [0.25, 0.3) is 0 Å². The number of hydrogen-bond acceptors (Lipinski definition) is 4. The van der Waals surface area contributed by atoms with Crippen LogP contribution in [0.25, 0.3) is 0 Å². The summed E-state index contributed by atoms with van der Waals surface area (Å²) in [6.45, 7) is 8.32. The molecular formula is C24H28N2O4. The summed E-state index contributed by atoms with van der Waals surface area (Å²) < 4.78 is 10.7. The zero-order valence-corrected chi connectivity index (χ0v) is 17.0. The van der Waals surface area contributed by atoms with E-state index >= 15 is 0 Å². The van der Waals surface area contributed by atoms with Gasteiger partial charge in [-0.2, -0.15) is 0 Å². The van der Waals surface area contributed by atoms with Crippen molar-refractivity contribution in [2.24, 2.45) is 0 Å². The van der Waals surface area contributed by atoms with E-state index in [2.05, 4.69) is 18.5 Å². The molecule has 0 aliphatic rings. The molecule has 2 amide bonds. The number of hydrogen-bond donors (Lipinski definition) is 1. The molecule has 1 N–H and O–H groups in total. The van der Waals surface area contributed by atoms with Gasteiger partial charge >= 0.3 is 12.2 Å². The molecule has 0 aliphatic carbocycles. The minimum absolute atomic E-state index is 0.00766. The molecule has 2 aromatic rings. The third kappa shape index (κ3) is 8.22. The Bertz CT molecular complexity index is 808. The summed E-state index contributed by atoms with van der Waals surface area (Å²) in [5.74, 6) is 0. The second kappa shape index (κ2) is 12.8. The van der Waals surface area contributed by atoms with E-state index in [1.807, 2.05) is 60.7 Å². The molecule has 6 nitrogen and oxygen atoms in total. The lowest BCUT2D eigenvalue weighted by Crippen LogP contribution is -2.40. The SMILES string of the molecule is C=CCC(COC(=O)N(CC=C)Cc1ccccc1)NC(=O)OCc1ccccc1. The summed E-state index contributed by atoms with van der Waals surface area (Å²) >= 11 is 0. The number of rotatable bonds is 11. The van der Waals surface area contributed by atoms with Crippen LogP contribution in [0.5, 0.6) is 0 Å². The van der Waals surface area contributed by atoms with E-state index in [-0.39, 0.29) is 13.2 Å². The molecular weight excluding hydrogens is 380 g/mol. The van der Waals surface area contributed by atoms with E-state index in [0.29, 0.717) is 19.5 Å². The highest BCUT2D eigenvalue weighted by atomic mass is 16.6. The first kappa shape index (κ1) is 22.7. The number of carbonyl (C=O) groups is 2. The molecule has 0 aliphatic heterocycles. The number of amides is 2. The van der Waals surface area contributed by atoms with Crippen LogP contribution in [0.3, 0.4) is 0 Å².